The van der Waals surface area contributed by atoms with Crippen molar-refractivity contribution in [3.05, 3.63) is 131 Å². The molecule has 2 aliphatic heterocycles. The summed E-state index contributed by atoms with van der Waals surface area (Å²) < 4.78 is 4.84. The maximum Gasteiger partial charge on any atom is 0.407 e. The average molecular weight is 839 g/mol. The fourth-order valence-electron chi connectivity index (χ4n) is 8.97. The van der Waals surface area contributed by atoms with Crippen molar-refractivity contribution in [3.8, 4) is 33.6 Å². The summed E-state index contributed by atoms with van der Waals surface area (Å²) in [5.41, 5.74) is 8.13. The molecule has 4 atom stereocenters. The Hall–Kier alpha value is -6.05. The normalized spacial score (nSPS) is 17.4. The van der Waals surface area contributed by atoms with Crippen LogP contribution in [-0.2, 0) is 20.7 Å². The highest BCUT2D eigenvalue weighted by molar-refractivity contribution is 7.07. The van der Waals surface area contributed by atoms with Crippen molar-refractivity contribution in [1.82, 2.24) is 40.0 Å². The molecule has 0 aliphatic carbocycles. The zero-order chi connectivity index (χ0) is 42.3. The third kappa shape index (κ3) is 9.33. The van der Waals surface area contributed by atoms with E-state index in [4.69, 9.17) is 14.7 Å². The zero-order valence-electron chi connectivity index (χ0n) is 35.1. The first kappa shape index (κ1) is 41.7. The van der Waals surface area contributed by atoms with Crippen molar-refractivity contribution in [2.45, 2.75) is 76.5 Å². The molecule has 3 amide bonds. The van der Waals surface area contributed by atoms with Crippen molar-refractivity contribution in [2.75, 3.05) is 33.3 Å². The molecule has 3 aromatic heterocycles. The fourth-order valence-corrected chi connectivity index (χ4v) is 9.65. The van der Waals surface area contributed by atoms with E-state index in [1.807, 2.05) is 57.2 Å². The highest BCUT2D eigenvalue weighted by Gasteiger charge is 2.38. The van der Waals surface area contributed by atoms with Crippen LogP contribution in [0.1, 0.15) is 86.9 Å². The highest BCUT2D eigenvalue weighted by Crippen LogP contribution is 2.37. The summed E-state index contributed by atoms with van der Waals surface area (Å²) in [6.45, 7) is 7.17. The van der Waals surface area contributed by atoms with Gasteiger partial charge in [-0.05, 0) is 95.4 Å². The second kappa shape index (κ2) is 19.1. The number of imidazole rings is 2. The SMILES string of the molecule is CCN(CC)[C@@H](C(=O)N1CCC[C@H]1c1ncc(-c2ccc(-c3ccc(-c4cnc([C@@H]5CCCN5C(=O)C[C@H](Cc5ccsc5)NC(=O)OC)[nH]4)cc3)cc2)[nH]1)c1ccccc1. The first-order valence-electron chi connectivity index (χ1n) is 21.4. The van der Waals surface area contributed by atoms with E-state index in [9.17, 15) is 14.4 Å². The minimum atomic E-state index is -0.543. The van der Waals surface area contributed by atoms with E-state index < -0.39 is 6.09 Å². The monoisotopic (exact) mass is 838 g/mol. The number of carbonyl (C=O) groups excluding carboxylic acids is 3. The fraction of sp³-hybridized carbons (Fsp3) is 0.354. The molecule has 61 heavy (non-hydrogen) atoms. The number of amides is 3. The Bertz CT molecular complexity index is 2370. The van der Waals surface area contributed by atoms with Gasteiger partial charge in [-0.3, -0.25) is 14.5 Å². The van der Waals surface area contributed by atoms with Gasteiger partial charge in [0.25, 0.3) is 0 Å². The van der Waals surface area contributed by atoms with Crippen molar-refractivity contribution in [3.63, 3.8) is 0 Å². The number of H-pyrrole nitrogens is 2. The molecule has 0 bridgehead atoms. The molecule has 2 saturated heterocycles. The largest absolute Gasteiger partial charge is 0.453 e. The number of ether oxygens (including phenoxy) is 1. The predicted octanol–water partition coefficient (Wildman–Crippen LogP) is 8.96. The van der Waals surface area contributed by atoms with Gasteiger partial charge in [-0.25, -0.2) is 14.8 Å². The second-order valence-electron chi connectivity index (χ2n) is 15.9. The number of nitrogens with zero attached hydrogens (tertiary/aromatic N) is 5. The quantitative estimate of drug-likeness (QED) is 0.0939. The van der Waals surface area contributed by atoms with Crippen molar-refractivity contribution >= 4 is 29.2 Å². The van der Waals surface area contributed by atoms with Crippen LogP contribution >= 0.6 is 11.3 Å². The van der Waals surface area contributed by atoms with Gasteiger partial charge in [-0.1, -0.05) is 92.7 Å². The van der Waals surface area contributed by atoms with E-state index in [1.165, 1.54) is 7.11 Å². The number of aromatic nitrogens is 4. The molecule has 8 rings (SSSR count). The first-order chi connectivity index (χ1) is 29.8. The summed E-state index contributed by atoms with van der Waals surface area (Å²) in [4.78, 5) is 62.7. The average Bonchev–Trinajstić information content (AvgIpc) is 4.16. The Kier molecular flexibility index (Phi) is 13.1. The number of aromatic amines is 2. The van der Waals surface area contributed by atoms with E-state index in [1.54, 1.807) is 11.3 Å². The lowest BCUT2D eigenvalue weighted by Gasteiger charge is -2.34. The second-order valence-corrected chi connectivity index (χ2v) is 16.6. The number of hydrogen-bond donors (Lipinski definition) is 3. The number of benzene rings is 3. The van der Waals surface area contributed by atoms with Crippen LogP contribution in [-0.4, -0.2) is 91.9 Å². The Labute approximate surface area is 361 Å². The number of rotatable bonds is 15. The van der Waals surface area contributed by atoms with Crippen LogP contribution in [0.15, 0.2) is 108 Å². The molecule has 0 spiro atoms. The molecule has 3 N–H and O–H groups in total. The minimum Gasteiger partial charge on any atom is -0.453 e. The summed E-state index contributed by atoms with van der Waals surface area (Å²) >= 11 is 1.59. The standard InChI is InChI=1S/C48H54N8O4S/c1-4-54(5-2)44(37-11-7-6-8-12-37)47(58)56-25-10-14-42(56)46-50-30-40(53-46)36-21-17-34(18-22-36)33-15-19-35(20-16-33)39-29-49-45(52-39)41-13-9-24-55(41)43(57)28-38(51-48(59)60-3)27-32-23-26-61-31-32/h6-8,11-12,15-23,26,29-31,38,41-42,44H,4-5,9-10,13-14,24-25,27-28H2,1-3H3,(H,49,52)(H,50,53)(H,51,59)/t38-,41-,42-,44+/m0/s1. The third-order valence-corrected chi connectivity index (χ3v) is 12.9. The number of carbonyl (C=O) groups is 3. The van der Waals surface area contributed by atoms with Crippen LogP contribution < -0.4 is 5.32 Å². The Morgan fingerprint density at radius 2 is 1.34 bits per heavy atom. The van der Waals surface area contributed by atoms with Crippen molar-refractivity contribution in [1.29, 1.82) is 0 Å². The van der Waals surface area contributed by atoms with Gasteiger partial charge in [-0.15, -0.1) is 0 Å². The molecule has 2 fully saturated rings. The van der Waals surface area contributed by atoms with E-state index in [0.717, 1.165) is 102 Å². The number of alkyl carbamates (subject to hydrolysis) is 1. The van der Waals surface area contributed by atoms with E-state index >= 15 is 0 Å². The van der Waals surface area contributed by atoms with Gasteiger partial charge in [0, 0.05) is 25.6 Å². The van der Waals surface area contributed by atoms with Crippen LogP contribution in [0.5, 0.6) is 0 Å². The van der Waals surface area contributed by atoms with Crippen LogP contribution in [0.25, 0.3) is 33.6 Å². The smallest absolute Gasteiger partial charge is 0.407 e. The van der Waals surface area contributed by atoms with Crippen LogP contribution in [0.3, 0.4) is 0 Å². The summed E-state index contributed by atoms with van der Waals surface area (Å²) in [5.74, 6) is 1.71. The van der Waals surface area contributed by atoms with Gasteiger partial charge in [0.1, 0.15) is 17.7 Å². The number of nitrogens with one attached hydrogen (secondary N) is 3. The summed E-state index contributed by atoms with van der Waals surface area (Å²) in [7, 11) is 1.33. The number of methoxy groups -OCH3 is 1. The van der Waals surface area contributed by atoms with E-state index in [0.29, 0.717) is 13.0 Å². The lowest BCUT2D eigenvalue weighted by Crippen LogP contribution is -2.43. The summed E-state index contributed by atoms with van der Waals surface area (Å²) in [6.07, 6.45) is 7.42. The van der Waals surface area contributed by atoms with Gasteiger partial charge in [0.15, 0.2) is 0 Å². The Morgan fingerprint density at radius 3 is 1.89 bits per heavy atom. The molecular formula is C48H54N8O4S. The molecule has 0 saturated carbocycles. The van der Waals surface area contributed by atoms with Gasteiger partial charge in [0.05, 0.1) is 43.0 Å². The van der Waals surface area contributed by atoms with Crippen LogP contribution in [0.4, 0.5) is 4.79 Å². The molecule has 13 heteroatoms. The van der Waals surface area contributed by atoms with E-state index in [-0.39, 0.29) is 42.4 Å². The first-order valence-corrected chi connectivity index (χ1v) is 22.3. The van der Waals surface area contributed by atoms with E-state index in [2.05, 4.69) is 94.7 Å². The number of likely N-dealkylation sites (tertiary alicyclic amines) is 2. The molecule has 0 radical (unpaired) electrons. The molecule has 2 aliphatic rings. The topological polar surface area (TPSA) is 140 Å². The molecule has 6 aromatic rings. The summed E-state index contributed by atoms with van der Waals surface area (Å²) in [6, 6.07) is 28.0. The molecule has 12 nitrogen and oxygen atoms in total. The minimum absolute atomic E-state index is 0.0176. The molecule has 316 valence electrons. The molecular weight excluding hydrogens is 785 g/mol. The highest BCUT2D eigenvalue weighted by atomic mass is 32.1. The number of likely N-dealkylation sites (N-methyl/N-ethyl adjacent to an activating group) is 1. The maximum atomic E-state index is 14.2. The predicted molar refractivity (Wildman–Crippen MR) is 238 cm³/mol. The van der Waals surface area contributed by atoms with Gasteiger partial charge < -0.3 is 29.8 Å². The Morgan fingerprint density at radius 1 is 0.787 bits per heavy atom. The lowest BCUT2D eigenvalue weighted by atomic mass is 10.0. The van der Waals surface area contributed by atoms with Gasteiger partial charge in [0.2, 0.25) is 11.8 Å². The van der Waals surface area contributed by atoms with Gasteiger partial charge in [-0.2, -0.15) is 11.3 Å². The molecule has 3 aromatic carbocycles. The van der Waals surface area contributed by atoms with Crippen LogP contribution in [0, 0.1) is 0 Å². The Balaban J connectivity index is 0.907. The van der Waals surface area contributed by atoms with Crippen LogP contribution in [0.2, 0.25) is 0 Å². The maximum absolute atomic E-state index is 14.2. The molecule has 0 unspecified atom stereocenters. The zero-order valence-corrected chi connectivity index (χ0v) is 35.9. The third-order valence-electron chi connectivity index (χ3n) is 12.2. The number of thiophene rings is 1. The summed E-state index contributed by atoms with van der Waals surface area (Å²) in [5, 5.41) is 6.87. The number of hydrogen-bond acceptors (Lipinski definition) is 8. The van der Waals surface area contributed by atoms with Crippen molar-refractivity contribution in [2.24, 2.45) is 0 Å². The van der Waals surface area contributed by atoms with Crippen molar-refractivity contribution < 1.29 is 19.1 Å². The lowest BCUT2D eigenvalue weighted by molar-refractivity contribution is -0.138. The molecule has 5 heterocycles. The van der Waals surface area contributed by atoms with Gasteiger partial charge >= 0.3 is 6.09 Å².